The zero-order valence-corrected chi connectivity index (χ0v) is 13.8. The minimum Gasteiger partial charge on any atom is -0.346 e. The lowest BCUT2D eigenvalue weighted by Crippen LogP contribution is -2.49. The molecule has 6 heteroatoms. The Morgan fingerprint density at radius 1 is 1.25 bits per heavy atom. The minimum absolute atomic E-state index is 0. The predicted octanol–water partition coefficient (Wildman–Crippen LogP) is 1.16. The van der Waals surface area contributed by atoms with Crippen LogP contribution in [0.1, 0.15) is 40.5 Å². The Balaban J connectivity index is 0.00000361. The van der Waals surface area contributed by atoms with Crippen LogP contribution in [0.25, 0.3) is 0 Å². The molecule has 2 amide bonds. The first kappa shape index (κ1) is 19.2. The Morgan fingerprint density at radius 2 is 1.75 bits per heavy atom. The van der Waals surface area contributed by atoms with E-state index in [-0.39, 0.29) is 36.7 Å². The number of nitrogens with two attached hydrogens (primary N) is 1. The van der Waals surface area contributed by atoms with Gasteiger partial charge in [0.2, 0.25) is 11.8 Å². The molecule has 1 rings (SSSR count). The first-order valence-corrected chi connectivity index (χ1v) is 7.04. The summed E-state index contributed by atoms with van der Waals surface area (Å²) in [5, 5.41) is 2.63. The van der Waals surface area contributed by atoms with Crippen LogP contribution in [0, 0.1) is 11.3 Å². The molecule has 1 aliphatic rings. The topological polar surface area (TPSA) is 75.4 Å². The summed E-state index contributed by atoms with van der Waals surface area (Å²) >= 11 is 0. The fourth-order valence-corrected chi connectivity index (χ4v) is 2.06. The van der Waals surface area contributed by atoms with E-state index in [1.807, 2.05) is 18.7 Å². The zero-order chi connectivity index (χ0) is 14.6. The standard InChI is InChI=1S/C14H27N3O2.ClH/c1-10(2)12(15)13(19)16-9-11(18)17-7-5-14(3,4)6-8-17;/h10,12H,5-9,15H2,1-4H3,(H,16,19);1H/t12-;/m0./s1. The van der Waals surface area contributed by atoms with E-state index in [0.29, 0.717) is 5.41 Å². The molecule has 118 valence electrons. The molecule has 1 fully saturated rings. The molecular weight excluding hydrogens is 278 g/mol. The number of hydrogen-bond donors (Lipinski definition) is 2. The van der Waals surface area contributed by atoms with Gasteiger partial charge in [0.05, 0.1) is 12.6 Å². The minimum atomic E-state index is -0.548. The van der Waals surface area contributed by atoms with Crippen LogP contribution in [-0.4, -0.2) is 42.4 Å². The summed E-state index contributed by atoms with van der Waals surface area (Å²) in [6, 6.07) is -0.548. The predicted molar refractivity (Wildman–Crippen MR) is 82.7 cm³/mol. The molecule has 1 heterocycles. The van der Waals surface area contributed by atoms with Crippen LogP contribution in [0.15, 0.2) is 0 Å². The molecule has 5 nitrogen and oxygen atoms in total. The summed E-state index contributed by atoms with van der Waals surface area (Å²) in [4.78, 5) is 25.5. The van der Waals surface area contributed by atoms with Gasteiger partial charge in [0.15, 0.2) is 0 Å². The second-order valence-corrected chi connectivity index (χ2v) is 6.53. The van der Waals surface area contributed by atoms with E-state index < -0.39 is 6.04 Å². The number of likely N-dealkylation sites (tertiary alicyclic amines) is 1. The maximum atomic E-state index is 12.0. The van der Waals surface area contributed by atoms with Crippen molar-refractivity contribution >= 4 is 24.2 Å². The van der Waals surface area contributed by atoms with Crippen molar-refractivity contribution in [2.45, 2.75) is 46.6 Å². The fourth-order valence-electron chi connectivity index (χ4n) is 2.06. The summed E-state index contributed by atoms with van der Waals surface area (Å²) in [5.41, 5.74) is 6.04. The maximum Gasteiger partial charge on any atom is 0.241 e. The van der Waals surface area contributed by atoms with Gasteiger partial charge in [0.1, 0.15) is 0 Å². The van der Waals surface area contributed by atoms with Crippen molar-refractivity contribution in [1.82, 2.24) is 10.2 Å². The Kier molecular flexibility index (Phi) is 7.52. The third kappa shape index (κ3) is 5.67. The van der Waals surface area contributed by atoms with Gasteiger partial charge in [-0.3, -0.25) is 9.59 Å². The molecule has 20 heavy (non-hydrogen) atoms. The molecule has 0 aliphatic carbocycles. The number of nitrogens with zero attached hydrogens (tertiary/aromatic N) is 1. The van der Waals surface area contributed by atoms with Crippen molar-refractivity contribution in [3.05, 3.63) is 0 Å². The number of piperidine rings is 1. The number of rotatable bonds is 4. The lowest BCUT2D eigenvalue weighted by Gasteiger charge is -2.37. The highest BCUT2D eigenvalue weighted by atomic mass is 35.5. The van der Waals surface area contributed by atoms with Crippen LogP contribution < -0.4 is 11.1 Å². The molecule has 0 radical (unpaired) electrons. The molecule has 1 atom stereocenters. The summed E-state index contributed by atoms with van der Waals surface area (Å²) in [7, 11) is 0. The van der Waals surface area contributed by atoms with Gasteiger partial charge < -0.3 is 16.0 Å². The number of carbonyl (C=O) groups is 2. The largest absolute Gasteiger partial charge is 0.346 e. The van der Waals surface area contributed by atoms with Gasteiger partial charge >= 0.3 is 0 Å². The molecule has 0 unspecified atom stereocenters. The molecule has 0 saturated carbocycles. The van der Waals surface area contributed by atoms with Crippen LogP contribution >= 0.6 is 12.4 Å². The first-order chi connectivity index (χ1) is 8.73. The Bertz CT molecular complexity index is 335. The van der Waals surface area contributed by atoms with Crippen molar-refractivity contribution in [2.75, 3.05) is 19.6 Å². The van der Waals surface area contributed by atoms with Gasteiger partial charge in [-0.25, -0.2) is 0 Å². The summed E-state index contributed by atoms with van der Waals surface area (Å²) in [6.45, 7) is 9.82. The first-order valence-electron chi connectivity index (χ1n) is 7.04. The molecule has 1 aliphatic heterocycles. The average Bonchev–Trinajstić information content (AvgIpc) is 2.34. The number of carbonyl (C=O) groups excluding carboxylic acids is 2. The van der Waals surface area contributed by atoms with E-state index in [1.54, 1.807) is 0 Å². The lowest BCUT2D eigenvalue weighted by atomic mass is 9.83. The van der Waals surface area contributed by atoms with Crippen molar-refractivity contribution < 1.29 is 9.59 Å². The molecule has 0 bridgehead atoms. The van der Waals surface area contributed by atoms with E-state index in [1.165, 1.54) is 0 Å². The van der Waals surface area contributed by atoms with Crippen LogP contribution in [0.3, 0.4) is 0 Å². The van der Waals surface area contributed by atoms with E-state index in [4.69, 9.17) is 5.73 Å². The number of halogens is 1. The summed E-state index contributed by atoms with van der Waals surface area (Å²) in [6.07, 6.45) is 2.02. The monoisotopic (exact) mass is 305 g/mol. The van der Waals surface area contributed by atoms with Gasteiger partial charge in [0.25, 0.3) is 0 Å². The zero-order valence-electron chi connectivity index (χ0n) is 12.9. The molecular formula is C14H28ClN3O2. The van der Waals surface area contributed by atoms with E-state index in [9.17, 15) is 9.59 Å². The maximum absolute atomic E-state index is 12.0. The van der Waals surface area contributed by atoms with Crippen LogP contribution in [0.5, 0.6) is 0 Å². The van der Waals surface area contributed by atoms with E-state index in [2.05, 4.69) is 19.2 Å². The van der Waals surface area contributed by atoms with Crippen molar-refractivity contribution in [1.29, 1.82) is 0 Å². The molecule has 3 N–H and O–H groups in total. The molecule has 0 aromatic rings. The molecule has 0 aromatic heterocycles. The van der Waals surface area contributed by atoms with Gasteiger partial charge in [-0.15, -0.1) is 12.4 Å². The Morgan fingerprint density at radius 3 is 2.20 bits per heavy atom. The Hall–Kier alpha value is -0.810. The quantitative estimate of drug-likeness (QED) is 0.818. The molecule has 0 spiro atoms. The van der Waals surface area contributed by atoms with E-state index >= 15 is 0 Å². The van der Waals surface area contributed by atoms with Gasteiger partial charge in [-0.2, -0.15) is 0 Å². The van der Waals surface area contributed by atoms with Crippen LogP contribution in [-0.2, 0) is 9.59 Å². The highest BCUT2D eigenvalue weighted by molar-refractivity contribution is 5.87. The van der Waals surface area contributed by atoms with Crippen molar-refractivity contribution in [3.8, 4) is 0 Å². The smallest absolute Gasteiger partial charge is 0.241 e. The average molecular weight is 306 g/mol. The van der Waals surface area contributed by atoms with Gasteiger partial charge in [0, 0.05) is 13.1 Å². The number of amides is 2. The second kappa shape index (κ2) is 7.84. The lowest BCUT2D eigenvalue weighted by molar-refractivity contribution is -0.135. The highest BCUT2D eigenvalue weighted by Crippen LogP contribution is 2.29. The van der Waals surface area contributed by atoms with Gasteiger partial charge in [-0.1, -0.05) is 27.7 Å². The van der Waals surface area contributed by atoms with Crippen LogP contribution in [0.4, 0.5) is 0 Å². The third-order valence-corrected chi connectivity index (χ3v) is 3.90. The SMILES string of the molecule is CC(C)[C@H](N)C(=O)NCC(=O)N1CCC(C)(C)CC1.Cl. The summed E-state index contributed by atoms with van der Waals surface area (Å²) in [5.74, 6) is -0.189. The number of nitrogens with one attached hydrogen (secondary N) is 1. The number of hydrogen-bond acceptors (Lipinski definition) is 3. The third-order valence-electron chi connectivity index (χ3n) is 3.90. The van der Waals surface area contributed by atoms with Crippen molar-refractivity contribution in [2.24, 2.45) is 17.1 Å². The Labute approximate surface area is 128 Å². The molecule has 1 saturated heterocycles. The second-order valence-electron chi connectivity index (χ2n) is 6.53. The molecule has 0 aromatic carbocycles. The van der Waals surface area contributed by atoms with Crippen molar-refractivity contribution in [3.63, 3.8) is 0 Å². The normalized spacial score (nSPS) is 19.2. The highest BCUT2D eigenvalue weighted by Gasteiger charge is 2.28. The van der Waals surface area contributed by atoms with Gasteiger partial charge in [-0.05, 0) is 24.2 Å². The van der Waals surface area contributed by atoms with E-state index in [0.717, 1.165) is 25.9 Å². The fraction of sp³-hybridized carbons (Fsp3) is 0.857. The van der Waals surface area contributed by atoms with Crippen LogP contribution in [0.2, 0.25) is 0 Å². The summed E-state index contributed by atoms with van der Waals surface area (Å²) < 4.78 is 0.